The molecule has 18 heavy (non-hydrogen) atoms. The van der Waals surface area contributed by atoms with Gasteiger partial charge in [-0.2, -0.15) is 0 Å². The molecule has 1 aromatic rings. The molecule has 96 valence electrons. The van der Waals surface area contributed by atoms with Crippen LogP contribution in [0.5, 0.6) is 5.75 Å². The SMILES string of the molecule is O=C(O)CN(C(=O)c1cc(I)ccc1O)C1CC1. The second kappa shape index (κ2) is 5.13. The highest BCUT2D eigenvalue weighted by atomic mass is 127. The van der Waals surface area contributed by atoms with E-state index in [-0.39, 0.29) is 23.9 Å². The molecule has 0 radical (unpaired) electrons. The Morgan fingerprint density at radius 3 is 2.61 bits per heavy atom. The van der Waals surface area contributed by atoms with E-state index in [0.717, 1.165) is 16.4 Å². The Labute approximate surface area is 118 Å². The van der Waals surface area contributed by atoms with Gasteiger partial charge in [-0.25, -0.2) is 0 Å². The molecule has 1 fully saturated rings. The monoisotopic (exact) mass is 361 g/mol. The number of benzene rings is 1. The van der Waals surface area contributed by atoms with Crippen LogP contribution in [0.2, 0.25) is 0 Å². The molecule has 1 aliphatic rings. The van der Waals surface area contributed by atoms with Crippen LogP contribution in [-0.2, 0) is 4.79 Å². The number of nitrogens with zero attached hydrogens (tertiary/aromatic N) is 1. The van der Waals surface area contributed by atoms with Crippen LogP contribution in [0.25, 0.3) is 0 Å². The topological polar surface area (TPSA) is 77.8 Å². The molecule has 0 aliphatic heterocycles. The molecule has 0 saturated heterocycles. The zero-order chi connectivity index (χ0) is 13.3. The molecular formula is C12H12INO4. The maximum absolute atomic E-state index is 12.2. The third kappa shape index (κ3) is 2.92. The summed E-state index contributed by atoms with van der Waals surface area (Å²) >= 11 is 2.04. The Morgan fingerprint density at radius 1 is 1.39 bits per heavy atom. The fourth-order valence-corrected chi connectivity index (χ4v) is 2.22. The number of phenols is 1. The molecule has 0 heterocycles. The van der Waals surface area contributed by atoms with Crippen LogP contribution in [0, 0.1) is 3.57 Å². The Morgan fingerprint density at radius 2 is 2.06 bits per heavy atom. The van der Waals surface area contributed by atoms with E-state index >= 15 is 0 Å². The highest BCUT2D eigenvalue weighted by molar-refractivity contribution is 14.1. The number of halogens is 1. The summed E-state index contributed by atoms with van der Waals surface area (Å²) < 4.78 is 0.819. The van der Waals surface area contributed by atoms with Crippen LogP contribution in [0.1, 0.15) is 23.2 Å². The van der Waals surface area contributed by atoms with Crippen LogP contribution >= 0.6 is 22.6 Å². The highest BCUT2D eigenvalue weighted by Crippen LogP contribution is 2.30. The number of rotatable bonds is 4. The van der Waals surface area contributed by atoms with Crippen LogP contribution in [0.4, 0.5) is 0 Å². The molecule has 2 N–H and O–H groups in total. The molecule has 1 aromatic carbocycles. The van der Waals surface area contributed by atoms with Crippen molar-refractivity contribution >= 4 is 34.5 Å². The number of aliphatic carboxylic acids is 1. The van der Waals surface area contributed by atoms with Crippen molar-refractivity contribution in [1.29, 1.82) is 0 Å². The van der Waals surface area contributed by atoms with Gasteiger partial charge >= 0.3 is 5.97 Å². The first kappa shape index (κ1) is 13.1. The van der Waals surface area contributed by atoms with Gasteiger partial charge in [-0.05, 0) is 53.6 Å². The first-order valence-corrected chi connectivity index (χ1v) is 6.58. The summed E-state index contributed by atoms with van der Waals surface area (Å²) in [5.74, 6) is -1.58. The molecule has 0 unspecified atom stereocenters. The number of hydrogen-bond donors (Lipinski definition) is 2. The number of amides is 1. The molecule has 0 aromatic heterocycles. The molecule has 1 amide bonds. The number of phenolic OH excluding ortho intramolecular Hbond substituents is 1. The van der Waals surface area contributed by atoms with E-state index < -0.39 is 11.9 Å². The second-order valence-electron chi connectivity index (χ2n) is 4.22. The van der Waals surface area contributed by atoms with Crippen molar-refractivity contribution in [3.05, 3.63) is 27.3 Å². The van der Waals surface area contributed by atoms with Gasteiger partial charge in [0.25, 0.3) is 5.91 Å². The number of carbonyl (C=O) groups excluding carboxylic acids is 1. The third-order valence-corrected chi connectivity index (χ3v) is 3.41. The first-order chi connectivity index (χ1) is 8.49. The van der Waals surface area contributed by atoms with Crippen LogP contribution in [0.3, 0.4) is 0 Å². The van der Waals surface area contributed by atoms with Crippen LogP contribution in [0.15, 0.2) is 18.2 Å². The van der Waals surface area contributed by atoms with Gasteiger partial charge in [0.1, 0.15) is 12.3 Å². The summed E-state index contributed by atoms with van der Waals surface area (Å²) in [6.07, 6.45) is 1.65. The van der Waals surface area contributed by atoms with E-state index in [1.165, 1.54) is 11.0 Å². The minimum absolute atomic E-state index is 0.00846. The van der Waals surface area contributed by atoms with Gasteiger partial charge in [0, 0.05) is 9.61 Å². The Kier molecular flexibility index (Phi) is 3.74. The van der Waals surface area contributed by atoms with Gasteiger partial charge in [0.05, 0.1) is 5.56 Å². The fraction of sp³-hybridized carbons (Fsp3) is 0.333. The summed E-state index contributed by atoms with van der Waals surface area (Å²) in [5.41, 5.74) is 0.162. The van der Waals surface area contributed by atoms with Crippen molar-refractivity contribution in [3.8, 4) is 5.75 Å². The molecule has 5 nitrogen and oxygen atoms in total. The molecule has 2 rings (SSSR count). The molecule has 0 bridgehead atoms. The van der Waals surface area contributed by atoms with E-state index in [2.05, 4.69) is 0 Å². The van der Waals surface area contributed by atoms with Gasteiger partial charge < -0.3 is 15.1 Å². The Bertz CT molecular complexity index is 499. The predicted molar refractivity (Wildman–Crippen MR) is 72.5 cm³/mol. The summed E-state index contributed by atoms with van der Waals surface area (Å²) in [6, 6.07) is 4.69. The Balaban J connectivity index is 2.27. The average Bonchev–Trinajstić information content (AvgIpc) is 3.12. The number of aromatic hydroxyl groups is 1. The predicted octanol–water partition coefficient (Wildman–Crippen LogP) is 1.69. The van der Waals surface area contributed by atoms with Gasteiger partial charge in [-0.3, -0.25) is 9.59 Å². The van der Waals surface area contributed by atoms with E-state index in [0.29, 0.717) is 0 Å². The Hall–Kier alpha value is -1.31. The van der Waals surface area contributed by atoms with Crippen molar-refractivity contribution in [1.82, 2.24) is 4.90 Å². The largest absolute Gasteiger partial charge is 0.507 e. The fourth-order valence-electron chi connectivity index (χ4n) is 1.73. The van der Waals surface area contributed by atoms with Gasteiger partial charge in [0.2, 0.25) is 0 Å². The zero-order valence-corrected chi connectivity index (χ0v) is 11.6. The van der Waals surface area contributed by atoms with Crippen molar-refractivity contribution in [2.24, 2.45) is 0 Å². The minimum atomic E-state index is -1.04. The number of carboxylic acids is 1. The molecule has 0 atom stereocenters. The molecular weight excluding hydrogens is 349 g/mol. The lowest BCUT2D eigenvalue weighted by atomic mass is 10.1. The lowest BCUT2D eigenvalue weighted by Crippen LogP contribution is -2.37. The number of carbonyl (C=O) groups is 2. The van der Waals surface area contributed by atoms with Crippen LogP contribution < -0.4 is 0 Å². The molecule has 6 heteroatoms. The number of carboxylic acid groups (broad SMARTS) is 1. The summed E-state index contributed by atoms with van der Waals surface area (Å²) in [6.45, 7) is -0.325. The number of hydrogen-bond acceptors (Lipinski definition) is 3. The van der Waals surface area contributed by atoms with Crippen molar-refractivity contribution in [3.63, 3.8) is 0 Å². The maximum atomic E-state index is 12.2. The highest BCUT2D eigenvalue weighted by Gasteiger charge is 2.35. The minimum Gasteiger partial charge on any atom is -0.507 e. The average molecular weight is 361 g/mol. The van der Waals surface area contributed by atoms with Gasteiger partial charge in [-0.1, -0.05) is 0 Å². The lowest BCUT2D eigenvalue weighted by molar-refractivity contribution is -0.137. The molecule has 1 aliphatic carbocycles. The van der Waals surface area contributed by atoms with Crippen molar-refractivity contribution in [2.45, 2.75) is 18.9 Å². The van der Waals surface area contributed by atoms with Crippen molar-refractivity contribution < 1.29 is 19.8 Å². The normalized spacial score (nSPS) is 14.3. The quantitative estimate of drug-likeness (QED) is 0.801. The molecule has 1 saturated carbocycles. The summed E-state index contributed by atoms with van der Waals surface area (Å²) in [4.78, 5) is 24.3. The third-order valence-electron chi connectivity index (χ3n) is 2.74. The smallest absolute Gasteiger partial charge is 0.323 e. The second-order valence-corrected chi connectivity index (χ2v) is 5.47. The lowest BCUT2D eigenvalue weighted by Gasteiger charge is -2.20. The van der Waals surface area contributed by atoms with Crippen LogP contribution in [-0.4, -0.2) is 39.6 Å². The van der Waals surface area contributed by atoms with E-state index in [1.54, 1.807) is 12.1 Å². The zero-order valence-electron chi connectivity index (χ0n) is 9.47. The van der Waals surface area contributed by atoms with E-state index in [9.17, 15) is 14.7 Å². The standard InChI is InChI=1S/C12H12INO4/c13-7-1-4-10(15)9(5-7)12(18)14(6-11(16)17)8-2-3-8/h1,4-5,8,15H,2-3,6H2,(H,16,17). The van der Waals surface area contributed by atoms with Gasteiger partial charge in [0.15, 0.2) is 0 Å². The van der Waals surface area contributed by atoms with Gasteiger partial charge in [-0.15, -0.1) is 0 Å². The molecule has 0 spiro atoms. The summed E-state index contributed by atoms with van der Waals surface area (Å²) in [5, 5.41) is 18.5. The van der Waals surface area contributed by atoms with Crippen molar-refractivity contribution in [2.75, 3.05) is 6.54 Å². The van der Waals surface area contributed by atoms with E-state index in [1.807, 2.05) is 22.6 Å². The first-order valence-electron chi connectivity index (χ1n) is 5.50. The maximum Gasteiger partial charge on any atom is 0.323 e. The summed E-state index contributed by atoms with van der Waals surface area (Å²) in [7, 11) is 0. The van der Waals surface area contributed by atoms with E-state index in [4.69, 9.17) is 5.11 Å².